The first kappa shape index (κ1) is 17.1. The zero-order valence-corrected chi connectivity index (χ0v) is 11.5. The Kier molecular flexibility index (Phi) is 10.1. The maximum Gasteiger partial charge on any atom is 0.401 e. The highest BCUT2D eigenvalue weighted by atomic mass is 32.1. The monoisotopic (exact) mass is 271 g/mol. The van der Waals surface area contributed by atoms with E-state index in [-0.39, 0.29) is 0 Å². The lowest BCUT2D eigenvalue weighted by molar-refractivity contribution is -0.143. The van der Waals surface area contributed by atoms with Gasteiger partial charge in [-0.2, -0.15) is 25.8 Å². The lowest BCUT2D eigenvalue weighted by Gasteiger charge is -2.18. The minimum absolute atomic E-state index is 0.538. The largest absolute Gasteiger partial charge is 0.401 e. The number of alkyl halides is 3. The van der Waals surface area contributed by atoms with Crippen molar-refractivity contribution >= 4 is 12.6 Å². The van der Waals surface area contributed by atoms with Gasteiger partial charge < -0.3 is 0 Å². The molecule has 104 valence electrons. The van der Waals surface area contributed by atoms with Crippen LogP contribution in [-0.4, -0.2) is 37.0 Å². The van der Waals surface area contributed by atoms with Crippen LogP contribution < -0.4 is 0 Å². The molecule has 0 radical (unpaired) electrons. The highest BCUT2D eigenvalue weighted by molar-refractivity contribution is 7.80. The van der Waals surface area contributed by atoms with E-state index in [1.807, 2.05) is 0 Å². The van der Waals surface area contributed by atoms with Gasteiger partial charge in [-0.15, -0.1) is 0 Å². The average molecular weight is 271 g/mol. The summed E-state index contributed by atoms with van der Waals surface area (Å²) in [4.78, 5) is 1.35. The van der Waals surface area contributed by atoms with Gasteiger partial charge in [0.1, 0.15) is 0 Å². The Morgan fingerprint density at radius 2 is 1.35 bits per heavy atom. The summed E-state index contributed by atoms with van der Waals surface area (Å²) in [5.41, 5.74) is 0. The topological polar surface area (TPSA) is 3.24 Å². The second kappa shape index (κ2) is 10.1. The lowest BCUT2D eigenvalue weighted by Crippen LogP contribution is -2.31. The second-order valence-electron chi connectivity index (χ2n) is 4.55. The maximum absolute atomic E-state index is 12.0. The van der Waals surface area contributed by atoms with E-state index in [0.29, 0.717) is 6.54 Å². The van der Waals surface area contributed by atoms with E-state index in [1.54, 1.807) is 0 Å². The van der Waals surface area contributed by atoms with Gasteiger partial charge in [-0.05, 0) is 32.2 Å². The number of halogens is 3. The highest BCUT2D eigenvalue weighted by Gasteiger charge is 2.28. The summed E-state index contributed by atoms with van der Waals surface area (Å²) in [6.45, 7) is -0.259. The van der Waals surface area contributed by atoms with Crippen molar-refractivity contribution in [2.75, 3.05) is 25.9 Å². The fourth-order valence-corrected chi connectivity index (χ4v) is 1.99. The smallest absolute Gasteiger partial charge is 0.298 e. The molecule has 0 unspecified atom stereocenters. The van der Waals surface area contributed by atoms with Gasteiger partial charge in [0.15, 0.2) is 0 Å². The van der Waals surface area contributed by atoms with Crippen LogP contribution in [0.15, 0.2) is 0 Å². The molecule has 0 aliphatic carbocycles. The van der Waals surface area contributed by atoms with Gasteiger partial charge in [-0.25, -0.2) is 0 Å². The van der Waals surface area contributed by atoms with Gasteiger partial charge in [0.2, 0.25) is 0 Å². The predicted octanol–water partition coefficient (Wildman–Crippen LogP) is 4.14. The molecule has 0 aromatic heterocycles. The molecule has 5 heteroatoms. The number of hydrogen-bond acceptors (Lipinski definition) is 2. The molecule has 0 aliphatic rings. The molecule has 0 N–H and O–H groups in total. The quantitative estimate of drug-likeness (QED) is 0.461. The van der Waals surface area contributed by atoms with Crippen LogP contribution in [-0.2, 0) is 0 Å². The van der Waals surface area contributed by atoms with Crippen molar-refractivity contribution in [2.45, 2.75) is 51.1 Å². The van der Waals surface area contributed by atoms with Crippen molar-refractivity contribution in [3.8, 4) is 0 Å². The van der Waals surface area contributed by atoms with Gasteiger partial charge in [0, 0.05) is 0 Å². The van der Waals surface area contributed by atoms with Crippen molar-refractivity contribution < 1.29 is 13.2 Å². The standard InChI is InChI=1S/C12H24F3NS/c1-16(11-12(13,14)15)9-7-5-3-2-4-6-8-10-17/h17H,2-11H2,1H3. The molecule has 0 aromatic rings. The van der Waals surface area contributed by atoms with Crippen molar-refractivity contribution in [3.05, 3.63) is 0 Å². The molecule has 0 heterocycles. The summed E-state index contributed by atoms with van der Waals surface area (Å²) in [6, 6.07) is 0. The third kappa shape index (κ3) is 14.0. The van der Waals surface area contributed by atoms with E-state index < -0.39 is 12.7 Å². The van der Waals surface area contributed by atoms with Gasteiger partial charge in [0.05, 0.1) is 6.54 Å². The normalized spacial score (nSPS) is 12.4. The zero-order chi connectivity index (χ0) is 13.1. The van der Waals surface area contributed by atoms with Crippen molar-refractivity contribution in [3.63, 3.8) is 0 Å². The van der Waals surface area contributed by atoms with Crippen LogP contribution >= 0.6 is 12.6 Å². The Balaban J connectivity index is 3.22. The Morgan fingerprint density at radius 3 is 1.82 bits per heavy atom. The Morgan fingerprint density at radius 1 is 0.882 bits per heavy atom. The molecule has 1 nitrogen and oxygen atoms in total. The molecule has 0 saturated heterocycles. The number of unbranched alkanes of at least 4 members (excludes halogenated alkanes) is 6. The third-order valence-electron chi connectivity index (χ3n) is 2.65. The second-order valence-corrected chi connectivity index (χ2v) is 5.00. The highest BCUT2D eigenvalue weighted by Crippen LogP contribution is 2.16. The van der Waals surface area contributed by atoms with Gasteiger partial charge >= 0.3 is 6.18 Å². The van der Waals surface area contributed by atoms with Crippen LogP contribution in [0.1, 0.15) is 44.9 Å². The first-order chi connectivity index (χ1) is 7.95. The summed E-state index contributed by atoms with van der Waals surface area (Å²) in [5, 5.41) is 0. The summed E-state index contributed by atoms with van der Waals surface area (Å²) in [7, 11) is 1.53. The minimum Gasteiger partial charge on any atom is -0.298 e. The Labute approximate surface area is 108 Å². The van der Waals surface area contributed by atoms with Crippen LogP contribution in [0.5, 0.6) is 0 Å². The van der Waals surface area contributed by atoms with E-state index in [4.69, 9.17) is 0 Å². The summed E-state index contributed by atoms with van der Waals surface area (Å²) in [6.07, 6.45) is 3.75. The predicted molar refractivity (Wildman–Crippen MR) is 69.7 cm³/mol. The molecule has 17 heavy (non-hydrogen) atoms. The van der Waals surface area contributed by atoms with E-state index in [9.17, 15) is 13.2 Å². The van der Waals surface area contributed by atoms with Crippen LogP contribution in [0, 0.1) is 0 Å². The Hall–Kier alpha value is 0.100. The molecule has 0 rings (SSSR count). The minimum atomic E-state index is -4.07. The first-order valence-corrected chi connectivity index (χ1v) is 6.95. The molecule has 0 bridgehead atoms. The van der Waals surface area contributed by atoms with Gasteiger partial charge in [-0.3, -0.25) is 4.90 Å². The van der Waals surface area contributed by atoms with Crippen molar-refractivity contribution in [1.29, 1.82) is 0 Å². The first-order valence-electron chi connectivity index (χ1n) is 6.32. The lowest BCUT2D eigenvalue weighted by atomic mass is 10.1. The van der Waals surface area contributed by atoms with Crippen molar-refractivity contribution in [2.24, 2.45) is 0 Å². The zero-order valence-electron chi connectivity index (χ0n) is 10.6. The van der Waals surface area contributed by atoms with Crippen LogP contribution in [0.3, 0.4) is 0 Å². The Bertz CT molecular complexity index is 174. The van der Waals surface area contributed by atoms with Gasteiger partial charge in [0.25, 0.3) is 0 Å². The van der Waals surface area contributed by atoms with Crippen LogP contribution in [0.25, 0.3) is 0 Å². The van der Waals surface area contributed by atoms with E-state index in [0.717, 1.165) is 31.4 Å². The summed E-state index contributed by atoms with van der Waals surface area (Å²) < 4.78 is 36.0. The van der Waals surface area contributed by atoms with Crippen LogP contribution in [0.2, 0.25) is 0 Å². The van der Waals surface area contributed by atoms with Crippen LogP contribution in [0.4, 0.5) is 13.2 Å². The molecule has 0 aliphatic heterocycles. The number of hydrogen-bond donors (Lipinski definition) is 1. The average Bonchev–Trinajstić information content (AvgIpc) is 2.19. The summed E-state index contributed by atoms with van der Waals surface area (Å²) >= 11 is 4.14. The van der Waals surface area contributed by atoms with E-state index in [2.05, 4.69) is 12.6 Å². The number of thiol groups is 1. The maximum atomic E-state index is 12.0. The molecular formula is C12H24F3NS. The van der Waals surface area contributed by atoms with E-state index >= 15 is 0 Å². The fourth-order valence-electron chi connectivity index (χ4n) is 1.76. The van der Waals surface area contributed by atoms with E-state index in [1.165, 1.54) is 31.2 Å². The molecular weight excluding hydrogens is 247 g/mol. The third-order valence-corrected chi connectivity index (χ3v) is 2.96. The molecule has 0 fully saturated rings. The molecule has 0 aromatic carbocycles. The molecule has 0 saturated carbocycles. The fraction of sp³-hybridized carbons (Fsp3) is 1.00. The molecule has 0 amide bonds. The number of rotatable bonds is 10. The van der Waals surface area contributed by atoms with Crippen molar-refractivity contribution in [1.82, 2.24) is 4.90 Å². The summed E-state index contributed by atoms with van der Waals surface area (Å²) in [5.74, 6) is 0.947. The molecule has 0 atom stereocenters. The van der Waals surface area contributed by atoms with Gasteiger partial charge in [-0.1, -0.05) is 32.1 Å². The number of nitrogens with zero attached hydrogens (tertiary/aromatic N) is 1. The molecule has 0 spiro atoms. The SMILES string of the molecule is CN(CCCCCCCCCS)CC(F)(F)F.